The summed E-state index contributed by atoms with van der Waals surface area (Å²) in [6, 6.07) is 14.5. The predicted molar refractivity (Wildman–Crippen MR) is 76.1 cm³/mol. The van der Waals surface area contributed by atoms with Gasteiger partial charge in [0.2, 0.25) is 0 Å². The molecule has 1 unspecified atom stereocenters. The van der Waals surface area contributed by atoms with Gasteiger partial charge in [0.25, 0.3) is 0 Å². The van der Waals surface area contributed by atoms with E-state index in [2.05, 4.69) is 60.1 Å². The molecule has 0 spiro atoms. The van der Waals surface area contributed by atoms with E-state index in [0.29, 0.717) is 0 Å². The molecule has 0 bridgehead atoms. The fourth-order valence-electron chi connectivity index (χ4n) is 1.91. The van der Waals surface area contributed by atoms with Crippen LogP contribution in [0.5, 0.6) is 0 Å². The molecule has 0 saturated heterocycles. The van der Waals surface area contributed by atoms with Crippen LogP contribution in [-0.2, 0) is 0 Å². The van der Waals surface area contributed by atoms with E-state index in [1.165, 1.54) is 16.7 Å². The molecule has 2 aromatic carbocycles. The largest absolute Gasteiger partial charge is 0.320 e. The Kier molecular flexibility index (Phi) is 3.65. The fraction of sp³-hybridized carbons (Fsp3) is 0.200. The highest BCUT2D eigenvalue weighted by Crippen LogP contribution is 2.27. The lowest BCUT2D eigenvalue weighted by Gasteiger charge is -2.16. The smallest absolute Gasteiger partial charge is 0.0554 e. The van der Waals surface area contributed by atoms with E-state index in [-0.39, 0.29) is 6.04 Å². The highest BCUT2D eigenvalue weighted by Gasteiger charge is 2.12. The summed E-state index contributed by atoms with van der Waals surface area (Å²) in [4.78, 5) is 0. The van der Waals surface area contributed by atoms with Crippen molar-refractivity contribution < 1.29 is 0 Å². The first-order chi connectivity index (χ1) is 8.09. The maximum absolute atomic E-state index is 6.32. The van der Waals surface area contributed by atoms with Crippen molar-refractivity contribution >= 4 is 15.9 Å². The Hall–Kier alpha value is -1.12. The van der Waals surface area contributed by atoms with Gasteiger partial charge in [-0.1, -0.05) is 57.9 Å². The zero-order chi connectivity index (χ0) is 12.4. The van der Waals surface area contributed by atoms with Gasteiger partial charge in [0.15, 0.2) is 0 Å². The van der Waals surface area contributed by atoms with Gasteiger partial charge in [0.05, 0.1) is 6.04 Å². The van der Waals surface area contributed by atoms with E-state index < -0.39 is 0 Å². The summed E-state index contributed by atoms with van der Waals surface area (Å²) in [5, 5.41) is 0. The van der Waals surface area contributed by atoms with Crippen molar-refractivity contribution in [1.29, 1.82) is 0 Å². The Balaban J connectivity index is 2.40. The van der Waals surface area contributed by atoms with Crippen LogP contribution in [0.3, 0.4) is 0 Å². The van der Waals surface area contributed by atoms with Crippen molar-refractivity contribution in [3.05, 3.63) is 69.2 Å². The van der Waals surface area contributed by atoms with E-state index in [1.54, 1.807) is 0 Å². The van der Waals surface area contributed by atoms with Crippen LogP contribution < -0.4 is 5.73 Å². The third-order valence-corrected chi connectivity index (χ3v) is 3.94. The van der Waals surface area contributed by atoms with Crippen LogP contribution in [0.15, 0.2) is 46.9 Å². The fourth-order valence-corrected chi connectivity index (χ4v) is 2.30. The molecule has 2 aromatic rings. The summed E-state index contributed by atoms with van der Waals surface area (Å²) >= 11 is 3.54. The number of hydrogen-bond donors (Lipinski definition) is 1. The Morgan fingerprint density at radius 1 is 1.00 bits per heavy atom. The second-order valence-electron chi connectivity index (χ2n) is 4.34. The molecule has 0 aliphatic carbocycles. The topological polar surface area (TPSA) is 26.0 Å². The minimum absolute atomic E-state index is 0.0619. The summed E-state index contributed by atoms with van der Waals surface area (Å²) < 4.78 is 1.11. The molecular formula is C15H16BrN. The van der Waals surface area contributed by atoms with Gasteiger partial charge < -0.3 is 5.73 Å². The molecule has 2 heteroatoms. The van der Waals surface area contributed by atoms with E-state index in [9.17, 15) is 0 Å². The van der Waals surface area contributed by atoms with Gasteiger partial charge in [0.1, 0.15) is 0 Å². The lowest BCUT2D eigenvalue weighted by atomic mass is 9.95. The Bertz CT molecular complexity index is 517. The molecule has 17 heavy (non-hydrogen) atoms. The van der Waals surface area contributed by atoms with Crippen LogP contribution in [-0.4, -0.2) is 0 Å². The van der Waals surface area contributed by atoms with Gasteiger partial charge in [-0.2, -0.15) is 0 Å². The summed E-state index contributed by atoms with van der Waals surface area (Å²) in [6.45, 7) is 4.17. The molecule has 1 nitrogen and oxygen atoms in total. The van der Waals surface area contributed by atoms with Crippen LogP contribution in [0.25, 0.3) is 0 Å². The molecule has 0 radical (unpaired) electrons. The minimum Gasteiger partial charge on any atom is -0.320 e. The number of benzene rings is 2. The lowest BCUT2D eigenvalue weighted by molar-refractivity contribution is 0.859. The Morgan fingerprint density at radius 3 is 2.29 bits per heavy atom. The van der Waals surface area contributed by atoms with Crippen molar-refractivity contribution in [2.24, 2.45) is 5.73 Å². The van der Waals surface area contributed by atoms with Gasteiger partial charge in [-0.15, -0.1) is 0 Å². The molecule has 0 heterocycles. The lowest BCUT2D eigenvalue weighted by Crippen LogP contribution is -2.13. The monoisotopic (exact) mass is 289 g/mol. The van der Waals surface area contributed by atoms with E-state index in [4.69, 9.17) is 5.73 Å². The average molecular weight is 290 g/mol. The molecule has 0 aliphatic heterocycles. The van der Waals surface area contributed by atoms with Gasteiger partial charge >= 0.3 is 0 Å². The molecule has 0 saturated carbocycles. The van der Waals surface area contributed by atoms with Crippen LogP contribution in [0.2, 0.25) is 0 Å². The number of nitrogens with two attached hydrogens (primary N) is 1. The van der Waals surface area contributed by atoms with Crippen molar-refractivity contribution in [3.63, 3.8) is 0 Å². The number of aryl methyl sites for hydroxylation is 1. The third kappa shape index (κ3) is 2.59. The summed E-state index contributed by atoms with van der Waals surface area (Å²) in [5.41, 5.74) is 11.1. The zero-order valence-electron chi connectivity index (χ0n) is 10.1. The van der Waals surface area contributed by atoms with Gasteiger partial charge in [-0.3, -0.25) is 0 Å². The molecule has 2 rings (SSSR count). The number of rotatable bonds is 2. The summed E-state index contributed by atoms with van der Waals surface area (Å²) in [7, 11) is 0. The van der Waals surface area contributed by atoms with Crippen molar-refractivity contribution in [3.8, 4) is 0 Å². The third-order valence-electron chi connectivity index (χ3n) is 3.08. The van der Waals surface area contributed by atoms with Crippen molar-refractivity contribution in [2.45, 2.75) is 19.9 Å². The second kappa shape index (κ2) is 5.03. The first-order valence-corrected chi connectivity index (χ1v) is 6.46. The molecule has 2 N–H and O–H groups in total. The van der Waals surface area contributed by atoms with Crippen molar-refractivity contribution in [2.75, 3.05) is 0 Å². The van der Waals surface area contributed by atoms with Crippen LogP contribution in [0, 0.1) is 13.8 Å². The maximum Gasteiger partial charge on any atom is 0.0554 e. The Labute approximate surface area is 111 Å². The van der Waals surface area contributed by atoms with Gasteiger partial charge in [-0.05, 0) is 36.6 Å². The van der Waals surface area contributed by atoms with E-state index in [1.807, 2.05) is 12.1 Å². The molecule has 0 fully saturated rings. The maximum atomic E-state index is 6.32. The van der Waals surface area contributed by atoms with Crippen LogP contribution in [0.1, 0.15) is 28.3 Å². The molecule has 0 aliphatic rings. The van der Waals surface area contributed by atoms with E-state index in [0.717, 1.165) is 10.0 Å². The average Bonchev–Trinajstić information content (AvgIpc) is 2.33. The molecule has 0 amide bonds. The standard InChI is InChI=1S/C15H16BrN/c1-10-6-8-12(9-7-10)15(17)13-4-3-5-14(16)11(13)2/h3-9,15H,17H2,1-2H3. The second-order valence-corrected chi connectivity index (χ2v) is 5.20. The van der Waals surface area contributed by atoms with Gasteiger partial charge in [0, 0.05) is 4.47 Å². The van der Waals surface area contributed by atoms with Crippen LogP contribution >= 0.6 is 15.9 Å². The molecular weight excluding hydrogens is 274 g/mol. The van der Waals surface area contributed by atoms with E-state index >= 15 is 0 Å². The summed E-state index contributed by atoms with van der Waals surface area (Å²) in [5.74, 6) is 0. The first kappa shape index (κ1) is 12.3. The zero-order valence-corrected chi connectivity index (χ0v) is 11.7. The SMILES string of the molecule is Cc1ccc(C(N)c2cccc(Br)c2C)cc1. The van der Waals surface area contributed by atoms with Crippen LogP contribution in [0.4, 0.5) is 0 Å². The number of halogens is 1. The molecule has 1 atom stereocenters. The minimum atomic E-state index is -0.0619. The molecule has 0 aromatic heterocycles. The highest BCUT2D eigenvalue weighted by molar-refractivity contribution is 9.10. The van der Waals surface area contributed by atoms with Gasteiger partial charge in [-0.25, -0.2) is 0 Å². The molecule has 88 valence electrons. The normalized spacial score (nSPS) is 12.5. The first-order valence-electron chi connectivity index (χ1n) is 5.67. The Morgan fingerprint density at radius 2 is 1.65 bits per heavy atom. The summed E-state index contributed by atoms with van der Waals surface area (Å²) in [6.07, 6.45) is 0. The number of hydrogen-bond acceptors (Lipinski definition) is 1. The highest BCUT2D eigenvalue weighted by atomic mass is 79.9. The van der Waals surface area contributed by atoms with Crippen molar-refractivity contribution in [1.82, 2.24) is 0 Å². The quantitative estimate of drug-likeness (QED) is 0.884. The predicted octanol–water partition coefficient (Wildman–Crippen LogP) is 4.11.